The molecule has 0 aliphatic carbocycles. The molecule has 0 amide bonds. The zero-order chi connectivity index (χ0) is 12.0. The molecule has 0 spiro atoms. The van der Waals surface area contributed by atoms with Crippen LogP contribution in [-0.2, 0) is 20.7 Å². The molecule has 0 aromatic heterocycles. The van der Waals surface area contributed by atoms with Crippen LogP contribution >= 0.6 is 0 Å². The first-order valence-corrected chi connectivity index (χ1v) is 6.41. The van der Waals surface area contributed by atoms with Crippen LogP contribution in [0.4, 0.5) is 0 Å². The number of Topliss-reactive ketones (excluding diaryl/α,β-unsaturated/α-hetero) is 1. The molecule has 4 heteroatoms. The molecule has 0 N–H and O–H groups in total. The Morgan fingerprint density at radius 3 is 2.56 bits per heavy atom. The molecule has 0 aliphatic heterocycles. The van der Waals surface area contributed by atoms with Crippen LogP contribution in [0.3, 0.4) is 0 Å². The lowest BCUT2D eigenvalue weighted by Gasteiger charge is -2.16. The summed E-state index contributed by atoms with van der Waals surface area (Å²) in [5, 5.41) is 0. The molecule has 0 aliphatic rings. The van der Waals surface area contributed by atoms with Gasteiger partial charge in [0, 0.05) is 13.5 Å². The molecular formula is C12H16O3S. The Kier molecular flexibility index (Phi) is 5.52. The zero-order valence-electron chi connectivity index (χ0n) is 9.51. The summed E-state index contributed by atoms with van der Waals surface area (Å²) in [6, 6.07) is 9.21. The van der Waals surface area contributed by atoms with Crippen LogP contribution in [0.15, 0.2) is 35.2 Å². The molecule has 2 unspecified atom stereocenters. The van der Waals surface area contributed by atoms with E-state index < -0.39 is 11.2 Å². The van der Waals surface area contributed by atoms with Gasteiger partial charge < -0.3 is 9.29 Å². The third kappa shape index (κ3) is 4.35. The van der Waals surface area contributed by atoms with Crippen LogP contribution in [0, 0.1) is 0 Å². The van der Waals surface area contributed by atoms with Crippen molar-refractivity contribution in [1.29, 1.82) is 0 Å². The van der Waals surface area contributed by atoms with Crippen LogP contribution in [0.1, 0.15) is 13.3 Å². The molecule has 16 heavy (non-hydrogen) atoms. The van der Waals surface area contributed by atoms with Crippen molar-refractivity contribution in [2.75, 3.05) is 12.9 Å². The third-order valence-electron chi connectivity index (χ3n) is 2.19. The predicted molar refractivity (Wildman–Crippen MR) is 63.8 cm³/mol. The molecular weight excluding hydrogens is 224 g/mol. The number of hydrogen-bond donors (Lipinski definition) is 0. The molecule has 2 atom stereocenters. The van der Waals surface area contributed by atoms with Crippen LogP contribution in [0.5, 0.6) is 0 Å². The Morgan fingerprint density at radius 2 is 2.06 bits per heavy atom. The number of hydrogen-bond acceptors (Lipinski definition) is 3. The summed E-state index contributed by atoms with van der Waals surface area (Å²) in [5.41, 5.74) is 0. The van der Waals surface area contributed by atoms with Gasteiger partial charge in [-0.15, -0.1) is 0 Å². The van der Waals surface area contributed by atoms with Crippen molar-refractivity contribution in [3.8, 4) is 0 Å². The van der Waals surface area contributed by atoms with E-state index in [9.17, 15) is 9.35 Å². The lowest BCUT2D eigenvalue weighted by atomic mass is 10.2. The lowest BCUT2D eigenvalue weighted by Crippen LogP contribution is -2.25. The number of methoxy groups -OCH3 is 1. The van der Waals surface area contributed by atoms with Crippen LogP contribution < -0.4 is 0 Å². The first-order chi connectivity index (χ1) is 7.63. The van der Waals surface area contributed by atoms with Gasteiger partial charge in [0.25, 0.3) is 0 Å². The number of carbonyl (C=O) groups excluding carboxylic acids is 1. The Balaban J connectivity index is 2.55. The zero-order valence-corrected chi connectivity index (χ0v) is 10.3. The van der Waals surface area contributed by atoms with E-state index in [0.717, 1.165) is 4.90 Å². The molecule has 0 heterocycles. The monoisotopic (exact) mass is 240 g/mol. The van der Waals surface area contributed by atoms with Crippen LogP contribution in [0.25, 0.3) is 0 Å². The second-order valence-electron chi connectivity index (χ2n) is 3.59. The number of ether oxygens (including phenoxy) is 1. The Labute approximate surface area is 99.0 Å². The summed E-state index contributed by atoms with van der Waals surface area (Å²) in [4.78, 5) is 11.7. The minimum Gasteiger partial charge on any atom is -0.611 e. The van der Waals surface area contributed by atoms with Crippen molar-refractivity contribution in [3.05, 3.63) is 30.3 Å². The van der Waals surface area contributed by atoms with Gasteiger partial charge in [-0.2, -0.15) is 0 Å². The molecule has 88 valence electrons. The largest absolute Gasteiger partial charge is 0.611 e. The average molecular weight is 240 g/mol. The van der Waals surface area contributed by atoms with E-state index in [1.165, 1.54) is 14.0 Å². The minimum absolute atomic E-state index is 0.0527. The standard InChI is InChI=1S/C12H16O3S/c1-10(13)8-11(15-2)9-16(14)12-6-4-3-5-7-12/h3-7,11H,8-9H2,1-2H3. The third-order valence-corrected chi connectivity index (χ3v) is 3.66. The van der Waals surface area contributed by atoms with Crippen molar-refractivity contribution in [3.63, 3.8) is 0 Å². The maximum atomic E-state index is 11.9. The van der Waals surface area contributed by atoms with E-state index in [1.807, 2.05) is 30.3 Å². The molecule has 0 saturated heterocycles. The number of ketones is 1. The molecule has 1 aromatic rings. The van der Waals surface area contributed by atoms with Gasteiger partial charge in [-0.1, -0.05) is 18.2 Å². The molecule has 0 saturated carbocycles. The lowest BCUT2D eigenvalue weighted by molar-refractivity contribution is -0.119. The fourth-order valence-corrected chi connectivity index (χ4v) is 2.61. The van der Waals surface area contributed by atoms with Gasteiger partial charge in [0.05, 0.1) is 0 Å². The highest BCUT2D eigenvalue weighted by molar-refractivity contribution is 7.91. The van der Waals surface area contributed by atoms with Gasteiger partial charge in [-0.25, -0.2) is 0 Å². The highest BCUT2D eigenvalue weighted by Crippen LogP contribution is 2.13. The second kappa shape index (κ2) is 6.68. The van der Waals surface area contributed by atoms with E-state index >= 15 is 0 Å². The molecule has 0 bridgehead atoms. The summed E-state index contributed by atoms with van der Waals surface area (Å²) < 4.78 is 17.1. The fourth-order valence-electron chi connectivity index (χ4n) is 1.37. The summed E-state index contributed by atoms with van der Waals surface area (Å²) in [5.74, 6) is 0.414. The molecule has 1 rings (SSSR count). The van der Waals surface area contributed by atoms with Crippen molar-refractivity contribution in [1.82, 2.24) is 0 Å². The average Bonchev–Trinajstić information content (AvgIpc) is 2.28. The highest BCUT2D eigenvalue weighted by atomic mass is 32.2. The van der Waals surface area contributed by atoms with Gasteiger partial charge in [0.2, 0.25) is 0 Å². The SMILES string of the molecule is COC(CC(C)=O)C[S+]([O-])c1ccccc1. The summed E-state index contributed by atoms with van der Waals surface area (Å²) in [7, 11) is 1.54. The van der Waals surface area contributed by atoms with E-state index in [1.54, 1.807) is 0 Å². The Morgan fingerprint density at radius 1 is 1.44 bits per heavy atom. The van der Waals surface area contributed by atoms with Gasteiger partial charge in [-0.3, -0.25) is 4.79 Å². The molecule has 1 aromatic carbocycles. The van der Waals surface area contributed by atoms with E-state index in [-0.39, 0.29) is 11.9 Å². The number of benzene rings is 1. The number of rotatable bonds is 6. The van der Waals surface area contributed by atoms with E-state index in [0.29, 0.717) is 12.2 Å². The van der Waals surface area contributed by atoms with Gasteiger partial charge in [0.15, 0.2) is 4.90 Å². The van der Waals surface area contributed by atoms with Crippen molar-refractivity contribution in [2.24, 2.45) is 0 Å². The summed E-state index contributed by atoms with van der Waals surface area (Å²) >= 11 is -1.11. The summed E-state index contributed by atoms with van der Waals surface area (Å²) in [6.07, 6.45) is 0.0493. The topological polar surface area (TPSA) is 49.4 Å². The van der Waals surface area contributed by atoms with Crippen molar-refractivity contribution >= 4 is 17.0 Å². The quantitative estimate of drug-likeness (QED) is 0.712. The Bertz CT molecular complexity index is 326. The van der Waals surface area contributed by atoms with E-state index in [4.69, 9.17) is 4.74 Å². The van der Waals surface area contributed by atoms with Crippen LogP contribution in [-0.4, -0.2) is 29.3 Å². The van der Waals surface area contributed by atoms with Crippen molar-refractivity contribution < 1.29 is 14.1 Å². The first-order valence-electron chi connectivity index (χ1n) is 5.09. The van der Waals surface area contributed by atoms with Gasteiger partial charge >= 0.3 is 0 Å². The van der Waals surface area contributed by atoms with E-state index in [2.05, 4.69) is 0 Å². The maximum absolute atomic E-state index is 11.9. The predicted octanol–water partition coefficient (Wildman–Crippen LogP) is 1.79. The smallest absolute Gasteiger partial charge is 0.152 e. The Hall–Kier alpha value is -0.840. The summed E-state index contributed by atoms with van der Waals surface area (Å²) in [6.45, 7) is 1.51. The molecule has 0 fully saturated rings. The number of carbonyl (C=O) groups is 1. The highest BCUT2D eigenvalue weighted by Gasteiger charge is 2.19. The normalized spacial score (nSPS) is 14.4. The maximum Gasteiger partial charge on any atom is 0.152 e. The van der Waals surface area contributed by atoms with Crippen LogP contribution in [0.2, 0.25) is 0 Å². The van der Waals surface area contributed by atoms with Gasteiger partial charge in [0.1, 0.15) is 17.6 Å². The first kappa shape index (κ1) is 13.2. The molecule has 3 nitrogen and oxygen atoms in total. The minimum atomic E-state index is -1.11. The second-order valence-corrected chi connectivity index (χ2v) is 5.08. The molecule has 0 radical (unpaired) electrons. The van der Waals surface area contributed by atoms with Gasteiger partial charge in [-0.05, 0) is 30.2 Å². The van der Waals surface area contributed by atoms with Crippen molar-refractivity contribution in [2.45, 2.75) is 24.3 Å². The fraction of sp³-hybridized carbons (Fsp3) is 0.417.